The molecular weight excluding hydrogens is 384 g/mol. The Hall–Kier alpha value is -3.22. The van der Waals surface area contributed by atoms with Gasteiger partial charge in [-0.2, -0.15) is 0 Å². The topological polar surface area (TPSA) is 85.9 Å². The van der Waals surface area contributed by atoms with E-state index in [1.165, 1.54) is 7.11 Å². The van der Waals surface area contributed by atoms with Crippen molar-refractivity contribution in [1.82, 2.24) is 5.32 Å². The Labute approximate surface area is 176 Å². The molecule has 1 aliphatic carbocycles. The normalized spacial score (nSPS) is 14.6. The van der Waals surface area contributed by atoms with Crippen molar-refractivity contribution in [2.24, 2.45) is 0 Å². The molecule has 1 aliphatic rings. The third-order valence-corrected chi connectivity index (χ3v) is 5.71. The van der Waals surface area contributed by atoms with Crippen LogP contribution in [0.15, 0.2) is 42.5 Å². The van der Waals surface area contributed by atoms with Crippen LogP contribution in [0.1, 0.15) is 31.2 Å². The number of amides is 2. The number of nitrogens with one attached hydrogen (secondary N) is 2. The Morgan fingerprint density at radius 3 is 2.10 bits per heavy atom. The number of methoxy groups -OCH3 is 3. The molecule has 0 aromatic heterocycles. The second kappa shape index (κ2) is 9.52. The Kier molecular flexibility index (Phi) is 6.82. The van der Waals surface area contributed by atoms with Crippen molar-refractivity contribution < 1.29 is 23.8 Å². The van der Waals surface area contributed by atoms with Crippen molar-refractivity contribution >= 4 is 17.5 Å². The number of rotatable bonds is 7. The van der Waals surface area contributed by atoms with Crippen LogP contribution in [0.5, 0.6) is 17.2 Å². The van der Waals surface area contributed by atoms with E-state index in [1.807, 2.05) is 24.3 Å². The Balaban J connectivity index is 1.66. The van der Waals surface area contributed by atoms with Crippen molar-refractivity contribution in [2.45, 2.75) is 31.1 Å². The van der Waals surface area contributed by atoms with E-state index >= 15 is 0 Å². The molecular formula is C23H28N2O5. The SMILES string of the molecule is COc1ccc(C2(CNC(=O)C(=O)Nc3ccc(OC)cc3OC)CCCC2)cc1. The average molecular weight is 412 g/mol. The van der Waals surface area contributed by atoms with Crippen molar-refractivity contribution in [3.05, 3.63) is 48.0 Å². The molecule has 0 bridgehead atoms. The summed E-state index contributed by atoms with van der Waals surface area (Å²) in [6.07, 6.45) is 4.12. The summed E-state index contributed by atoms with van der Waals surface area (Å²) < 4.78 is 15.7. The molecule has 3 rings (SSSR count). The molecule has 1 saturated carbocycles. The molecule has 2 aromatic carbocycles. The third-order valence-electron chi connectivity index (χ3n) is 5.71. The summed E-state index contributed by atoms with van der Waals surface area (Å²) in [6, 6.07) is 12.9. The van der Waals surface area contributed by atoms with Gasteiger partial charge in [0.2, 0.25) is 0 Å². The summed E-state index contributed by atoms with van der Waals surface area (Å²) in [4.78, 5) is 24.9. The lowest BCUT2D eigenvalue weighted by Crippen LogP contribution is -2.43. The van der Waals surface area contributed by atoms with Gasteiger partial charge in [-0.1, -0.05) is 25.0 Å². The molecule has 2 aromatic rings. The lowest BCUT2D eigenvalue weighted by atomic mass is 9.78. The number of hydrogen-bond donors (Lipinski definition) is 2. The predicted octanol–water partition coefficient (Wildman–Crippen LogP) is 3.28. The van der Waals surface area contributed by atoms with Gasteiger partial charge >= 0.3 is 11.8 Å². The standard InChI is InChI=1S/C23H28N2O5/c1-28-17-8-6-16(7-9-17)23(12-4-5-13-23)15-24-21(26)22(27)25-19-11-10-18(29-2)14-20(19)30-3/h6-11,14H,4-5,12-13,15H2,1-3H3,(H,24,26)(H,25,27). The molecule has 1 fully saturated rings. The maximum Gasteiger partial charge on any atom is 0.313 e. The molecule has 2 N–H and O–H groups in total. The van der Waals surface area contributed by atoms with Crippen LogP contribution < -0.4 is 24.8 Å². The van der Waals surface area contributed by atoms with E-state index in [-0.39, 0.29) is 5.41 Å². The second-order valence-corrected chi connectivity index (χ2v) is 7.42. The summed E-state index contributed by atoms with van der Waals surface area (Å²) in [6.45, 7) is 0.408. The molecule has 0 unspecified atom stereocenters. The highest BCUT2D eigenvalue weighted by Gasteiger charge is 2.36. The molecule has 0 spiro atoms. The van der Waals surface area contributed by atoms with Gasteiger partial charge in [-0.15, -0.1) is 0 Å². The minimum absolute atomic E-state index is 0.167. The number of ether oxygens (including phenoxy) is 3. The van der Waals surface area contributed by atoms with Crippen molar-refractivity contribution in [3.8, 4) is 17.2 Å². The number of benzene rings is 2. The van der Waals surface area contributed by atoms with E-state index in [9.17, 15) is 9.59 Å². The van der Waals surface area contributed by atoms with Crippen molar-refractivity contribution in [1.29, 1.82) is 0 Å². The van der Waals surface area contributed by atoms with Gasteiger partial charge < -0.3 is 24.8 Å². The van der Waals surface area contributed by atoms with Crippen molar-refractivity contribution in [3.63, 3.8) is 0 Å². The van der Waals surface area contributed by atoms with Crippen molar-refractivity contribution in [2.75, 3.05) is 33.2 Å². The Bertz CT molecular complexity index is 889. The Morgan fingerprint density at radius 2 is 1.50 bits per heavy atom. The average Bonchev–Trinajstić information content (AvgIpc) is 3.27. The fourth-order valence-electron chi connectivity index (χ4n) is 3.97. The zero-order valence-corrected chi connectivity index (χ0v) is 17.6. The molecule has 0 atom stereocenters. The minimum Gasteiger partial charge on any atom is -0.497 e. The minimum atomic E-state index is -0.735. The third kappa shape index (κ3) is 4.67. The zero-order valence-electron chi connectivity index (χ0n) is 17.6. The van der Waals surface area contributed by atoms with Crippen LogP contribution in [0, 0.1) is 0 Å². The quantitative estimate of drug-likeness (QED) is 0.682. The van der Waals surface area contributed by atoms with E-state index in [0.717, 1.165) is 37.0 Å². The first-order chi connectivity index (χ1) is 14.5. The van der Waals surface area contributed by atoms with Crippen LogP contribution in [0.25, 0.3) is 0 Å². The van der Waals surface area contributed by atoms with Crippen LogP contribution in [0.3, 0.4) is 0 Å². The summed E-state index contributed by atoms with van der Waals surface area (Å²) in [5.74, 6) is 0.399. The first-order valence-electron chi connectivity index (χ1n) is 9.97. The van der Waals surface area contributed by atoms with Gasteiger partial charge in [0.15, 0.2) is 0 Å². The lowest BCUT2D eigenvalue weighted by molar-refractivity contribution is -0.136. The number of anilines is 1. The van der Waals surface area contributed by atoms with E-state index in [2.05, 4.69) is 10.6 Å². The molecule has 30 heavy (non-hydrogen) atoms. The molecule has 0 radical (unpaired) electrons. The van der Waals surface area contributed by atoms with Gasteiger partial charge in [-0.25, -0.2) is 0 Å². The maximum atomic E-state index is 12.5. The monoisotopic (exact) mass is 412 g/mol. The van der Waals surface area contributed by atoms with Gasteiger partial charge in [0.05, 0.1) is 27.0 Å². The molecule has 0 aliphatic heterocycles. The highest BCUT2D eigenvalue weighted by Crippen LogP contribution is 2.41. The summed E-state index contributed by atoms with van der Waals surface area (Å²) in [5, 5.41) is 5.43. The summed E-state index contributed by atoms with van der Waals surface area (Å²) in [5.41, 5.74) is 1.39. The second-order valence-electron chi connectivity index (χ2n) is 7.42. The summed E-state index contributed by atoms with van der Waals surface area (Å²) in [7, 11) is 4.67. The van der Waals surface area contributed by atoms with Gasteiger partial charge in [0, 0.05) is 18.0 Å². The van der Waals surface area contributed by atoms with Gasteiger partial charge in [-0.05, 0) is 42.7 Å². The van der Waals surface area contributed by atoms with Gasteiger partial charge in [-0.3, -0.25) is 9.59 Å². The number of carbonyl (C=O) groups excluding carboxylic acids is 2. The zero-order chi connectivity index (χ0) is 21.6. The van der Waals surface area contributed by atoms with Crippen LogP contribution >= 0.6 is 0 Å². The molecule has 7 nitrogen and oxygen atoms in total. The lowest BCUT2D eigenvalue weighted by Gasteiger charge is -2.30. The van der Waals surface area contributed by atoms with Crippen LogP contribution in [0.4, 0.5) is 5.69 Å². The number of hydrogen-bond acceptors (Lipinski definition) is 5. The maximum absolute atomic E-state index is 12.5. The van der Waals surface area contributed by atoms with E-state index in [1.54, 1.807) is 32.4 Å². The van der Waals surface area contributed by atoms with Crippen LogP contribution in [0.2, 0.25) is 0 Å². The predicted molar refractivity (Wildman–Crippen MR) is 114 cm³/mol. The smallest absolute Gasteiger partial charge is 0.313 e. The molecule has 160 valence electrons. The highest BCUT2D eigenvalue weighted by molar-refractivity contribution is 6.39. The van der Waals surface area contributed by atoms with Gasteiger partial charge in [0.25, 0.3) is 0 Å². The van der Waals surface area contributed by atoms with E-state index in [4.69, 9.17) is 14.2 Å². The molecule has 2 amide bonds. The van der Waals surface area contributed by atoms with Crippen LogP contribution in [-0.4, -0.2) is 39.7 Å². The molecule has 7 heteroatoms. The molecule has 0 heterocycles. The first kappa shape index (κ1) is 21.5. The number of carbonyl (C=O) groups is 2. The van der Waals surface area contributed by atoms with Gasteiger partial charge in [0.1, 0.15) is 17.2 Å². The molecule has 0 saturated heterocycles. The van der Waals surface area contributed by atoms with E-state index < -0.39 is 11.8 Å². The largest absolute Gasteiger partial charge is 0.497 e. The first-order valence-corrected chi connectivity index (χ1v) is 9.97. The fraction of sp³-hybridized carbons (Fsp3) is 0.391. The van der Waals surface area contributed by atoms with E-state index in [0.29, 0.717) is 23.7 Å². The highest BCUT2D eigenvalue weighted by atomic mass is 16.5. The Morgan fingerprint density at radius 1 is 0.867 bits per heavy atom. The fourth-order valence-corrected chi connectivity index (χ4v) is 3.97. The summed E-state index contributed by atoms with van der Waals surface area (Å²) >= 11 is 0. The van der Waals surface area contributed by atoms with Crippen LogP contribution in [-0.2, 0) is 15.0 Å².